The van der Waals surface area contributed by atoms with Crippen molar-refractivity contribution >= 4 is 18.3 Å². The van der Waals surface area contributed by atoms with E-state index in [-0.39, 0.29) is 11.2 Å². The van der Waals surface area contributed by atoms with Crippen molar-refractivity contribution in [3.05, 3.63) is 34.1 Å². The highest BCUT2D eigenvalue weighted by Gasteiger charge is 2.53. The van der Waals surface area contributed by atoms with Gasteiger partial charge in [0.25, 0.3) is 5.69 Å². The second-order valence-electron chi connectivity index (χ2n) is 5.55. The predicted molar refractivity (Wildman–Crippen MR) is 80.1 cm³/mol. The summed E-state index contributed by atoms with van der Waals surface area (Å²) in [4.78, 5) is 10.4. The summed E-state index contributed by atoms with van der Waals surface area (Å²) < 4.78 is 24.7. The number of halogens is 1. The largest absolute Gasteiger partial charge is 0.502 e. The average Bonchev–Trinajstić information content (AvgIpc) is 2.60. The molecule has 0 unspecified atom stereocenters. The van der Waals surface area contributed by atoms with E-state index in [1.54, 1.807) is 0 Å². The standard InChI is InChI=1S/C12H15BFNO4.C2H6/c1-11(2)12(3,4)19-13(18-11)9-7-8(14)5-6-10(9)15(16)17;1-2/h5-7H,1-4H3;1-2H3. The fourth-order valence-corrected chi connectivity index (χ4v) is 1.85. The number of rotatable bonds is 2. The fourth-order valence-electron chi connectivity index (χ4n) is 1.85. The quantitative estimate of drug-likeness (QED) is 0.478. The molecular weight excluding hydrogens is 276 g/mol. The molecule has 0 atom stereocenters. The summed E-state index contributed by atoms with van der Waals surface area (Å²) in [5.41, 5.74) is -1.36. The Balaban J connectivity index is 0.00000106. The third kappa shape index (κ3) is 3.41. The van der Waals surface area contributed by atoms with Crippen LogP contribution in [0.4, 0.5) is 10.1 Å². The molecule has 0 spiro atoms. The van der Waals surface area contributed by atoms with Gasteiger partial charge in [-0.05, 0) is 39.8 Å². The Bertz CT molecular complexity index is 518. The Kier molecular flexibility index (Phi) is 5.12. The van der Waals surface area contributed by atoms with Gasteiger partial charge in [0.2, 0.25) is 0 Å². The van der Waals surface area contributed by atoms with Crippen LogP contribution in [0.2, 0.25) is 0 Å². The summed E-state index contributed by atoms with van der Waals surface area (Å²) in [6.07, 6.45) is 0. The maximum atomic E-state index is 13.3. The summed E-state index contributed by atoms with van der Waals surface area (Å²) in [5, 5.41) is 11.0. The van der Waals surface area contributed by atoms with Crippen LogP contribution in [0.5, 0.6) is 0 Å². The van der Waals surface area contributed by atoms with Gasteiger partial charge >= 0.3 is 7.12 Å². The van der Waals surface area contributed by atoms with Crippen LogP contribution in [0.25, 0.3) is 0 Å². The van der Waals surface area contributed by atoms with Gasteiger partial charge in [-0.15, -0.1) is 0 Å². The lowest BCUT2D eigenvalue weighted by Gasteiger charge is -2.32. The van der Waals surface area contributed by atoms with Gasteiger partial charge in [0.1, 0.15) is 5.82 Å². The second-order valence-corrected chi connectivity index (χ2v) is 5.55. The lowest BCUT2D eigenvalue weighted by Crippen LogP contribution is -2.41. The van der Waals surface area contributed by atoms with E-state index >= 15 is 0 Å². The van der Waals surface area contributed by atoms with Gasteiger partial charge in [-0.2, -0.15) is 0 Å². The van der Waals surface area contributed by atoms with E-state index in [2.05, 4.69) is 0 Å². The number of benzene rings is 1. The first-order valence-electron chi connectivity index (χ1n) is 6.93. The predicted octanol–water partition coefficient (Wildman–Crippen LogP) is 3.06. The first kappa shape index (κ1) is 17.6. The first-order valence-corrected chi connectivity index (χ1v) is 6.93. The van der Waals surface area contributed by atoms with E-state index in [1.165, 1.54) is 0 Å². The van der Waals surface area contributed by atoms with Gasteiger partial charge in [0.05, 0.1) is 21.6 Å². The number of nitro groups is 1. The molecule has 1 aromatic carbocycles. The molecule has 7 heteroatoms. The molecule has 0 aliphatic carbocycles. The zero-order valence-corrected chi connectivity index (χ0v) is 13.3. The number of nitro benzene ring substituents is 1. The normalized spacial score (nSPS) is 18.9. The van der Waals surface area contributed by atoms with Crippen molar-refractivity contribution < 1.29 is 18.6 Å². The molecule has 0 N–H and O–H groups in total. The van der Waals surface area contributed by atoms with Crippen LogP contribution >= 0.6 is 0 Å². The molecule has 0 radical (unpaired) electrons. The van der Waals surface area contributed by atoms with E-state index in [0.29, 0.717) is 0 Å². The minimum absolute atomic E-state index is 0.101. The maximum absolute atomic E-state index is 13.3. The third-order valence-corrected chi connectivity index (χ3v) is 3.69. The minimum Gasteiger partial charge on any atom is -0.399 e. The summed E-state index contributed by atoms with van der Waals surface area (Å²) in [5.74, 6) is -0.560. The Morgan fingerprint density at radius 1 is 1.14 bits per heavy atom. The number of nitrogens with zero attached hydrogens (tertiary/aromatic N) is 1. The first-order chi connectivity index (χ1) is 9.64. The molecule has 0 bridgehead atoms. The van der Waals surface area contributed by atoms with Crippen molar-refractivity contribution in [2.45, 2.75) is 52.7 Å². The van der Waals surface area contributed by atoms with Gasteiger partial charge in [-0.25, -0.2) is 4.39 Å². The molecule has 1 heterocycles. The molecule has 1 aromatic rings. The average molecular weight is 297 g/mol. The van der Waals surface area contributed by atoms with Crippen LogP contribution in [-0.4, -0.2) is 23.2 Å². The monoisotopic (exact) mass is 297 g/mol. The zero-order valence-electron chi connectivity index (χ0n) is 13.3. The van der Waals surface area contributed by atoms with E-state index in [4.69, 9.17) is 9.31 Å². The van der Waals surface area contributed by atoms with Gasteiger partial charge in [-0.1, -0.05) is 13.8 Å². The molecule has 116 valence electrons. The van der Waals surface area contributed by atoms with Crippen LogP contribution < -0.4 is 5.46 Å². The van der Waals surface area contributed by atoms with Gasteiger partial charge in [-0.3, -0.25) is 10.1 Å². The van der Waals surface area contributed by atoms with Crippen LogP contribution in [0.3, 0.4) is 0 Å². The fraction of sp³-hybridized carbons (Fsp3) is 0.571. The summed E-state index contributed by atoms with van der Waals surface area (Å²) in [6, 6.07) is 3.25. The molecule has 21 heavy (non-hydrogen) atoms. The molecule has 0 amide bonds. The number of hydrogen-bond donors (Lipinski definition) is 0. The van der Waals surface area contributed by atoms with E-state index in [9.17, 15) is 14.5 Å². The molecule has 2 rings (SSSR count). The Labute approximate surface area is 124 Å². The highest BCUT2D eigenvalue weighted by Crippen LogP contribution is 2.37. The van der Waals surface area contributed by atoms with Gasteiger partial charge in [0.15, 0.2) is 0 Å². The molecular formula is C14H21BFNO4. The Morgan fingerprint density at radius 2 is 1.62 bits per heavy atom. The van der Waals surface area contributed by atoms with Gasteiger partial charge in [0, 0.05) is 6.07 Å². The van der Waals surface area contributed by atoms with E-state index in [1.807, 2.05) is 41.5 Å². The highest BCUT2D eigenvalue weighted by molar-refractivity contribution is 6.63. The highest BCUT2D eigenvalue weighted by atomic mass is 19.1. The van der Waals surface area contributed by atoms with Crippen molar-refractivity contribution in [3.8, 4) is 0 Å². The minimum atomic E-state index is -0.943. The molecule has 1 aliphatic heterocycles. The van der Waals surface area contributed by atoms with E-state index in [0.717, 1.165) is 18.2 Å². The van der Waals surface area contributed by atoms with Crippen molar-refractivity contribution in [1.82, 2.24) is 0 Å². The zero-order chi connectivity index (χ0) is 16.4. The van der Waals surface area contributed by atoms with Crippen molar-refractivity contribution in [2.75, 3.05) is 0 Å². The van der Waals surface area contributed by atoms with Crippen molar-refractivity contribution in [2.24, 2.45) is 0 Å². The lowest BCUT2D eigenvalue weighted by atomic mass is 9.78. The summed E-state index contributed by atoms with van der Waals surface area (Å²) in [7, 11) is -0.943. The third-order valence-electron chi connectivity index (χ3n) is 3.69. The van der Waals surface area contributed by atoms with Crippen LogP contribution in [-0.2, 0) is 9.31 Å². The Hall–Kier alpha value is -1.47. The second kappa shape index (κ2) is 6.11. The lowest BCUT2D eigenvalue weighted by molar-refractivity contribution is -0.383. The summed E-state index contributed by atoms with van der Waals surface area (Å²) in [6.45, 7) is 11.3. The maximum Gasteiger partial charge on any atom is 0.502 e. The summed E-state index contributed by atoms with van der Waals surface area (Å²) >= 11 is 0. The van der Waals surface area contributed by atoms with Crippen LogP contribution in [0, 0.1) is 15.9 Å². The van der Waals surface area contributed by atoms with Crippen molar-refractivity contribution in [1.29, 1.82) is 0 Å². The molecule has 0 aromatic heterocycles. The Morgan fingerprint density at radius 3 is 2.05 bits per heavy atom. The SMILES string of the molecule is CC.CC1(C)OB(c2cc(F)ccc2[N+](=O)[O-])OC1(C)C. The van der Waals surface area contributed by atoms with Gasteiger partial charge < -0.3 is 9.31 Å². The van der Waals surface area contributed by atoms with E-state index < -0.39 is 29.1 Å². The van der Waals surface area contributed by atoms with Crippen molar-refractivity contribution in [3.63, 3.8) is 0 Å². The topological polar surface area (TPSA) is 61.6 Å². The molecule has 1 aliphatic rings. The molecule has 1 saturated heterocycles. The van der Waals surface area contributed by atoms with Crippen LogP contribution in [0.1, 0.15) is 41.5 Å². The number of hydrogen-bond acceptors (Lipinski definition) is 4. The molecule has 1 fully saturated rings. The van der Waals surface area contributed by atoms with Crippen LogP contribution in [0.15, 0.2) is 18.2 Å². The smallest absolute Gasteiger partial charge is 0.399 e. The molecule has 5 nitrogen and oxygen atoms in total. The molecule has 0 saturated carbocycles.